The number of rotatable bonds is 4. The second kappa shape index (κ2) is 7.26. The molecule has 0 aromatic heterocycles. The number of aliphatic imine (C=N–C) groups is 1. The molecule has 2 heterocycles. The summed E-state index contributed by atoms with van der Waals surface area (Å²) in [5.41, 5.74) is 18.4. The number of halogens is 1. The van der Waals surface area contributed by atoms with Crippen molar-refractivity contribution in [1.82, 2.24) is 15.8 Å². The van der Waals surface area contributed by atoms with Gasteiger partial charge in [-0.15, -0.1) is 0 Å². The lowest BCUT2D eigenvalue weighted by atomic mass is 10.00. The molecule has 7 nitrogen and oxygen atoms in total. The molecule has 27 heavy (non-hydrogen) atoms. The smallest absolute Gasteiger partial charge is 0.209 e. The maximum Gasteiger partial charge on any atom is 0.209 e. The predicted molar refractivity (Wildman–Crippen MR) is 105 cm³/mol. The van der Waals surface area contributed by atoms with E-state index in [1.165, 1.54) is 31.7 Å². The van der Waals surface area contributed by atoms with Crippen molar-refractivity contribution in [1.29, 1.82) is 0 Å². The highest BCUT2D eigenvalue weighted by Crippen LogP contribution is 2.31. The zero-order valence-corrected chi connectivity index (χ0v) is 15.9. The summed E-state index contributed by atoms with van der Waals surface area (Å²) in [6, 6.07) is 6.39. The van der Waals surface area contributed by atoms with Crippen molar-refractivity contribution in [2.75, 3.05) is 25.0 Å². The number of nitrogens with one attached hydrogen (secondary N) is 2. The van der Waals surface area contributed by atoms with E-state index in [4.69, 9.17) is 11.5 Å². The van der Waals surface area contributed by atoms with Crippen LogP contribution in [0.25, 0.3) is 0 Å². The Balaban J connectivity index is 1.41. The van der Waals surface area contributed by atoms with Crippen molar-refractivity contribution >= 4 is 11.6 Å². The molecule has 4 rings (SSSR count). The number of nitrogens with two attached hydrogens (primary N) is 2. The first kappa shape index (κ1) is 18.5. The standard InChI is InChI=1S/C19H30FN7/c1-26(14-4-2-3-5-14)15-8-10-27(11-9-15)17-7-6-13(12-16(17)20)19(22)23-18(21)24-25-19/h6-7,12,14-15,25H,2-5,8-11,22H2,1H3,(H3,21,23,24). The zero-order valence-electron chi connectivity index (χ0n) is 15.9. The van der Waals surface area contributed by atoms with Crippen molar-refractivity contribution < 1.29 is 4.39 Å². The molecule has 1 aliphatic carbocycles. The number of hydrogen-bond acceptors (Lipinski definition) is 7. The molecule has 148 valence electrons. The lowest BCUT2D eigenvalue weighted by Gasteiger charge is -2.40. The van der Waals surface area contributed by atoms with Gasteiger partial charge >= 0.3 is 0 Å². The van der Waals surface area contributed by atoms with Crippen LogP contribution in [0.5, 0.6) is 0 Å². The molecule has 0 bridgehead atoms. The van der Waals surface area contributed by atoms with Gasteiger partial charge in [0.05, 0.1) is 5.69 Å². The summed E-state index contributed by atoms with van der Waals surface area (Å²) in [5.74, 6) is -1.32. The molecule has 3 aliphatic rings. The van der Waals surface area contributed by atoms with E-state index in [-0.39, 0.29) is 11.8 Å². The molecule has 1 unspecified atom stereocenters. The van der Waals surface area contributed by atoms with E-state index >= 15 is 0 Å². The summed E-state index contributed by atoms with van der Waals surface area (Å²) >= 11 is 0. The Hall–Kier alpha value is -1.90. The first-order valence-electron chi connectivity index (χ1n) is 9.90. The van der Waals surface area contributed by atoms with Crippen LogP contribution in [0.1, 0.15) is 44.1 Å². The number of guanidine groups is 1. The molecule has 0 radical (unpaired) electrons. The maximum absolute atomic E-state index is 14.8. The zero-order chi connectivity index (χ0) is 19.0. The van der Waals surface area contributed by atoms with Gasteiger partial charge in [-0.25, -0.2) is 9.38 Å². The van der Waals surface area contributed by atoms with E-state index < -0.39 is 5.79 Å². The Bertz CT molecular complexity index is 710. The summed E-state index contributed by atoms with van der Waals surface area (Å²) in [5, 5.41) is 0. The first-order valence-corrected chi connectivity index (χ1v) is 9.90. The highest BCUT2D eigenvalue weighted by molar-refractivity contribution is 5.79. The number of hydrogen-bond donors (Lipinski definition) is 4. The topological polar surface area (TPSA) is 94.9 Å². The molecule has 1 saturated heterocycles. The number of nitrogens with zero attached hydrogens (tertiary/aromatic N) is 3. The minimum atomic E-state index is -1.24. The Morgan fingerprint density at radius 3 is 2.44 bits per heavy atom. The lowest BCUT2D eigenvalue weighted by Crippen LogP contribution is -2.50. The summed E-state index contributed by atoms with van der Waals surface area (Å²) in [6.45, 7) is 1.74. The SMILES string of the molecule is CN(C1CCCC1)C1CCN(c2ccc(C3(N)N=C(N)NN3)cc2F)CC1. The minimum absolute atomic E-state index is 0.190. The number of piperidine rings is 1. The summed E-state index contributed by atoms with van der Waals surface area (Å²) < 4.78 is 14.8. The summed E-state index contributed by atoms with van der Waals surface area (Å²) in [7, 11) is 2.27. The fraction of sp³-hybridized carbons (Fsp3) is 0.632. The molecule has 8 heteroatoms. The van der Waals surface area contributed by atoms with Gasteiger partial charge in [0.1, 0.15) is 5.82 Å². The Morgan fingerprint density at radius 2 is 1.85 bits per heavy atom. The van der Waals surface area contributed by atoms with Crippen LogP contribution in [-0.4, -0.2) is 43.1 Å². The molecule has 0 amide bonds. The molecule has 1 aromatic carbocycles. The summed E-state index contributed by atoms with van der Waals surface area (Å²) in [6.07, 6.45) is 7.50. The van der Waals surface area contributed by atoms with Gasteiger partial charge in [0.25, 0.3) is 0 Å². The van der Waals surface area contributed by atoms with Crippen LogP contribution in [0.3, 0.4) is 0 Å². The molecule has 0 spiro atoms. The molecule has 1 atom stereocenters. The normalized spacial score (nSPS) is 27.3. The van der Waals surface area contributed by atoms with Crippen molar-refractivity contribution in [2.24, 2.45) is 16.5 Å². The second-order valence-corrected chi connectivity index (χ2v) is 8.00. The van der Waals surface area contributed by atoms with Gasteiger partial charge in [-0.2, -0.15) is 5.43 Å². The first-order chi connectivity index (χ1) is 13.0. The van der Waals surface area contributed by atoms with Crippen LogP contribution in [0.4, 0.5) is 10.1 Å². The van der Waals surface area contributed by atoms with Crippen LogP contribution in [0, 0.1) is 5.82 Å². The quantitative estimate of drug-likeness (QED) is 0.631. The van der Waals surface area contributed by atoms with Crippen LogP contribution in [0.2, 0.25) is 0 Å². The molecule has 1 saturated carbocycles. The predicted octanol–water partition coefficient (Wildman–Crippen LogP) is 1.16. The van der Waals surface area contributed by atoms with E-state index in [0.29, 0.717) is 17.3 Å². The van der Waals surface area contributed by atoms with E-state index in [1.807, 2.05) is 6.07 Å². The van der Waals surface area contributed by atoms with Crippen molar-refractivity contribution in [3.63, 3.8) is 0 Å². The maximum atomic E-state index is 14.8. The highest BCUT2D eigenvalue weighted by Gasteiger charge is 2.33. The second-order valence-electron chi connectivity index (χ2n) is 8.00. The lowest BCUT2D eigenvalue weighted by molar-refractivity contribution is 0.150. The molecular formula is C19H30FN7. The van der Waals surface area contributed by atoms with Gasteiger partial charge in [0, 0.05) is 30.7 Å². The third-order valence-electron chi connectivity index (χ3n) is 6.35. The van der Waals surface area contributed by atoms with Crippen LogP contribution < -0.4 is 27.2 Å². The molecule has 2 fully saturated rings. The van der Waals surface area contributed by atoms with Gasteiger partial charge < -0.3 is 15.5 Å². The van der Waals surface area contributed by atoms with Gasteiger partial charge in [0.2, 0.25) is 11.7 Å². The average molecular weight is 375 g/mol. The molecule has 6 N–H and O–H groups in total. The fourth-order valence-corrected chi connectivity index (χ4v) is 4.67. The van der Waals surface area contributed by atoms with Crippen molar-refractivity contribution in [2.45, 2.75) is 56.4 Å². The third kappa shape index (κ3) is 3.61. The van der Waals surface area contributed by atoms with Crippen LogP contribution in [0.15, 0.2) is 23.2 Å². The van der Waals surface area contributed by atoms with Crippen LogP contribution in [-0.2, 0) is 5.79 Å². The van der Waals surface area contributed by atoms with Crippen molar-refractivity contribution in [3.8, 4) is 0 Å². The van der Waals surface area contributed by atoms with Gasteiger partial charge in [0.15, 0.2) is 0 Å². The average Bonchev–Trinajstić information content (AvgIpc) is 3.32. The highest BCUT2D eigenvalue weighted by atomic mass is 19.1. The number of benzene rings is 1. The number of anilines is 1. The van der Waals surface area contributed by atoms with Gasteiger partial charge in [-0.1, -0.05) is 18.9 Å². The minimum Gasteiger partial charge on any atom is -0.369 e. The van der Waals surface area contributed by atoms with E-state index in [9.17, 15) is 4.39 Å². The third-order valence-corrected chi connectivity index (χ3v) is 6.35. The molecule has 2 aliphatic heterocycles. The van der Waals surface area contributed by atoms with Gasteiger partial charge in [-0.3, -0.25) is 11.2 Å². The number of hydrazine groups is 1. The van der Waals surface area contributed by atoms with E-state index in [1.54, 1.807) is 6.07 Å². The van der Waals surface area contributed by atoms with E-state index in [2.05, 4.69) is 32.7 Å². The summed E-state index contributed by atoms with van der Waals surface area (Å²) in [4.78, 5) is 8.82. The van der Waals surface area contributed by atoms with E-state index in [0.717, 1.165) is 32.0 Å². The Labute approximate surface area is 159 Å². The fourth-order valence-electron chi connectivity index (χ4n) is 4.67. The molecule has 1 aromatic rings. The van der Waals surface area contributed by atoms with Crippen molar-refractivity contribution in [3.05, 3.63) is 29.6 Å². The Kier molecular flexibility index (Phi) is 4.96. The van der Waals surface area contributed by atoms with Crippen LogP contribution >= 0.6 is 0 Å². The largest absolute Gasteiger partial charge is 0.369 e. The molecular weight excluding hydrogens is 345 g/mol. The van der Waals surface area contributed by atoms with Gasteiger partial charge in [-0.05, 0) is 44.9 Å². The Morgan fingerprint density at radius 1 is 1.19 bits per heavy atom. The monoisotopic (exact) mass is 375 g/mol.